The summed E-state index contributed by atoms with van der Waals surface area (Å²) in [6.07, 6.45) is 9.20. The van der Waals surface area contributed by atoms with Crippen molar-refractivity contribution in [3.8, 4) is 0 Å². The largest absolute Gasteiger partial charge is 0.344 e. The highest BCUT2D eigenvalue weighted by atomic mass is 16.2. The van der Waals surface area contributed by atoms with Crippen molar-refractivity contribution in [1.29, 1.82) is 0 Å². The van der Waals surface area contributed by atoms with Crippen LogP contribution in [0.15, 0.2) is 0 Å². The van der Waals surface area contributed by atoms with Gasteiger partial charge in [-0.1, -0.05) is 33.6 Å². The van der Waals surface area contributed by atoms with E-state index in [0.29, 0.717) is 6.42 Å². The minimum atomic E-state index is -0.756. The molecule has 0 heterocycles. The van der Waals surface area contributed by atoms with Gasteiger partial charge in [0.1, 0.15) is 5.78 Å². The van der Waals surface area contributed by atoms with Gasteiger partial charge in [0.2, 0.25) is 5.78 Å². The van der Waals surface area contributed by atoms with Crippen molar-refractivity contribution in [2.75, 3.05) is 0 Å². The Hall–Kier alpha value is -1.19. The summed E-state index contributed by atoms with van der Waals surface area (Å²) in [6, 6.07) is 0. The maximum Gasteiger partial charge on any atom is 0.288 e. The lowest BCUT2D eigenvalue weighted by Crippen LogP contribution is -2.61. The van der Waals surface area contributed by atoms with E-state index >= 15 is 0 Å². The van der Waals surface area contributed by atoms with Gasteiger partial charge in [0.15, 0.2) is 0 Å². The zero-order chi connectivity index (χ0) is 18.2. The van der Waals surface area contributed by atoms with E-state index in [1.165, 1.54) is 19.3 Å². The number of carbonyl (C=O) groups excluding carboxylic acids is 3. The summed E-state index contributed by atoms with van der Waals surface area (Å²) >= 11 is 0. The molecule has 4 rings (SSSR count). The summed E-state index contributed by atoms with van der Waals surface area (Å²) in [5, 5.41) is 3.13. The third-order valence-corrected chi connectivity index (χ3v) is 6.72. The Balaban J connectivity index is 1.68. The summed E-state index contributed by atoms with van der Waals surface area (Å²) in [4.78, 5) is 38.0. The summed E-state index contributed by atoms with van der Waals surface area (Å²) in [5.74, 6) is 0.102. The third kappa shape index (κ3) is 3.83. The summed E-state index contributed by atoms with van der Waals surface area (Å²) in [6.45, 7) is 5.66. The van der Waals surface area contributed by atoms with Crippen molar-refractivity contribution < 1.29 is 14.4 Å². The number of rotatable bonds is 8. The Morgan fingerprint density at radius 2 is 1.52 bits per heavy atom. The molecule has 4 nitrogen and oxygen atoms in total. The van der Waals surface area contributed by atoms with Crippen LogP contribution in [0, 0.1) is 29.6 Å². The maximum absolute atomic E-state index is 12.8. The molecule has 4 saturated carbocycles. The lowest BCUT2D eigenvalue weighted by molar-refractivity contribution is -0.147. The van der Waals surface area contributed by atoms with Gasteiger partial charge < -0.3 is 5.32 Å². The quantitative estimate of drug-likeness (QED) is 0.538. The van der Waals surface area contributed by atoms with Gasteiger partial charge in [-0.25, -0.2) is 0 Å². The molecule has 4 heteroatoms. The predicted molar refractivity (Wildman–Crippen MR) is 96.9 cm³/mol. The molecule has 0 aromatic rings. The molecule has 4 bridgehead atoms. The minimum Gasteiger partial charge on any atom is -0.344 e. The molecule has 25 heavy (non-hydrogen) atoms. The highest BCUT2D eigenvalue weighted by Gasteiger charge is 2.52. The standard InChI is InChI=1S/C21H33NO3/c1-4-5-6-17(18(23)13(2)3)19(24)20(25)22-21-10-14-7-15(11-21)9-16(8-14)12-21/h13-17H,4-12H2,1-3H3,(H,22,25)/t14?,15?,16?,17-,21?/m1/s1. The van der Waals surface area contributed by atoms with Crippen LogP contribution in [-0.4, -0.2) is 23.0 Å². The average Bonchev–Trinajstić information content (AvgIpc) is 2.52. The number of nitrogens with one attached hydrogen (secondary N) is 1. The van der Waals surface area contributed by atoms with Crippen molar-refractivity contribution in [3.63, 3.8) is 0 Å². The Kier molecular flexibility index (Phi) is 5.36. The zero-order valence-corrected chi connectivity index (χ0v) is 16.0. The second-order valence-electron chi connectivity index (χ2n) is 9.27. The highest BCUT2D eigenvalue weighted by molar-refractivity contribution is 6.40. The van der Waals surface area contributed by atoms with E-state index in [1.54, 1.807) is 0 Å². The second-order valence-corrected chi connectivity index (χ2v) is 9.27. The number of hydrogen-bond donors (Lipinski definition) is 1. The molecule has 0 spiro atoms. The smallest absolute Gasteiger partial charge is 0.288 e. The van der Waals surface area contributed by atoms with Gasteiger partial charge >= 0.3 is 0 Å². The van der Waals surface area contributed by atoms with Crippen LogP contribution in [0.2, 0.25) is 0 Å². The molecule has 1 amide bonds. The Morgan fingerprint density at radius 1 is 1.00 bits per heavy atom. The van der Waals surface area contributed by atoms with Crippen LogP contribution < -0.4 is 5.32 Å². The molecule has 4 fully saturated rings. The maximum atomic E-state index is 12.8. The van der Waals surface area contributed by atoms with Crippen LogP contribution >= 0.6 is 0 Å². The van der Waals surface area contributed by atoms with Gasteiger partial charge in [-0.05, 0) is 62.7 Å². The highest BCUT2D eigenvalue weighted by Crippen LogP contribution is 2.55. The fourth-order valence-corrected chi connectivity index (χ4v) is 5.94. The normalized spacial score (nSPS) is 34.2. The number of unbranched alkanes of at least 4 members (excludes halogenated alkanes) is 1. The van der Waals surface area contributed by atoms with E-state index in [4.69, 9.17) is 0 Å². The van der Waals surface area contributed by atoms with Crippen molar-refractivity contribution in [1.82, 2.24) is 5.32 Å². The fourth-order valence-electron chi connectivity index (χ4n) is 5.94. The first kappa shape index (κ1) is 18.6. The van der Waals surface area contributed by atoms with Crippen molar-refractivity contribution in [2.45, 2.75) is 84.1 Å². The topological polar surface area (TPSA) is 63.2 Å². The SMILES string of the molecule is CCCC[C@@H](C(=O)C(=O)NC12CC3CC(CC(C3)C1)C2)C(=O)C(C)C. The molecular formula is C21H33NO3. The van der Waals surface area contributed by atoms with Gasteiger partial charge in [-0.2, -0.15) is 0 Å². The second kappa shape index (κ2) is 7.20. The molecule has 4 aliphatic rings. The zero-order valence-electron chi connectivity index (χ0n) is 16.0. The van der Waals surface area contributed by atoms with Crippen LogP contribution in [0.25, 0.3) is 0 Å². The van der Waals surface area contributed by atoms with E-state index in [0.717, 1.165) is 49.9 Å². The van der Waals surface area contributed by atoms with Crippen molar-refractivity contribution in [2.24, 2.45) is 29.6 Å². The summed E-state index contributed by atoms with van der Waals surface area (Å²) in [5.41, 5.74) is -0.169. The molecule has 0 aromatic carbocycles. The number of Topliss-reactive ketones (excluding diaryl/α,β-unsaturated/α-hetero) is 2. The summed E-state index contributed by atoms with van der Waals surface area (Å²) in [7, 11) is 0. The van der Waals surface area contributed by atoms with Gasteiger partial charge in [0.25, 0.3) is 5.91 Å². The van der Waals surface area contributed by atoms with E-state index in [9.17, 15) is 14.4 Å². The molecule has 0 unspecified atom stereocenters. The van der Waals surface area contributed by atoms with E-state index in [-0.39, 0.29) is 17.2 Å². The molecule has 0 aliphatic heterocycles. The van der Waals surface area contributed by atoms with Gasteiger partial charge in [-0.15, -0.1) is 0 Å². The van der Waals surface area contributed by atoms with E-state index in [1.807, 2.05) is 20.8 Å². The minimum absolute atomic E-state index is 0.0842. The van der Waals surface area contributed by atoms with Crippen LogP contribution in [0.5, 0.6) is 0 Å². The number of carbonyl (C=O) groups is 3. The Labute approximate surface area is 151 Å². The van der Waals surface area contributed by atoms with Gasteiger partial charge in [0, 0.05) is 11.5 Å². The number of hydrogen-bond acceptors (Lipinski definition) is 3. The van der Waals surface area contributed by atoms with Gasteiger partial charge in [0.05, 0.1) is 5.92 Å². The van der Waals surface area contributed by atoms with E-state index in [2.05, 4.69) is 5.32 Å². The Bertz CT molecular complexity index is 516. The predicted octanol–water partition coefficient (Wildman–Crippen LogP) is 3.67. The first-order valence-corrected chi connectivity index (χ1v) is 10.2. The molecule has 1 N–H and O–H groups in total. The van der Waals surface area contributed by atoms with Crippen LogP contribution in [-0.2, 0) is 14.4 Å². The van der Waals surface area contributed by atoms with Crippen molar-refractivity contribution in [3.05, 3.63) is 0 Å². The van der Waals surface area contributed by atoms with Crippen LogP contribution in [0.4, 0.5) is 0 Å². The molecule has 0 aromatic heterocycles. The summed E-state index contributed by atoms with van der Waals surface area (Å²) < 4.78 is 0. The van der Waals surface area contributed by atoms with Crippen LogP contribution in [0.3, 0.4) is 0 Å². The molecular weight excluding hydrogens is 314 g/mol. The monoisotopic (exact) mass is 347 g/mol. The number of amides is 1. The first-order chi connectivity index (χ1) is 11.8. The molecule has 140 valence electrons. The Morgan fingerprint density at radius 3 is 1.96 bits per heavy atom. The lowest BCUT2D eigenvalue weighted by atomic mass is 9.53. The van der Waals surface area contributed by atoms with E-state index < -0.39 is 17.6 Å². The van der Waals surface area contributed by atoms with Gasteiger partial charge in [-0.3, -0.25) is 14.4 Å². The lowest BCUT2D eigenvalue weighted by Gasteiger charge is -2.56. The van der Waals surface area contributed by atoms with Crippen LogP contribution in [0.1, 0.15) is 78.6 Å². The third-order valence-electron chi connectivity index (χ3n) is 6.72. The fraction of sp³-hybridized carbons (Fsp3) is 0.857. The number of ketones is 2. The first-order valence-electron chi connectivity index (χ1n) is 10.2. The average molecular weight is 347 g/mol. The molecule has 4 aliphatic carbocycles. The molecule has 0 saturated heterocycles. The molecule has 0 radical (unpaired) electrons. The van der Waals surface area contributed by atoms with Crippen molar-refractivity contribution >= 4 is 17.5 Å². The molecule has 1 atom stereocenters.